The zero-order valence-corrected chi connectivity index (χ0v) is 22.6. The van der Waals surface area contributed by atoms with E-state index in [4.69, 9.17) is 17.5 Å². The third-order valence-electron chi connectivity index (χ3n) is 7.02. The Bertz CT molecular complexity index is 1510. The monoisotopic (exact) mass is 584 g/mol. The fraction of sp³-hybridized carbons (Fsp3) is 0.286. The first-order chi connectivity index (χ1) is 19.5. The number of amides is 2. The molecular formula is C28H24F4N6O2S. The summed E-state index contributed by atoms with van der Waals surface area (Å²) in [5, 5.41) is 11.7. The summed E-state index contributed by atoms with van der Waals surface area (Å²) in [5.41, 5.74) is -1.42. The Morgan fingerprint density at radius 1 is 1.20 bits per heavy atom. The molecule has 0 aliphatic heterocycles. The quantitative estimate of drug-likeness (QED) is 0.284. The Balaban J connectivity index is 1.55. The van der Waals surface area contributed by atoms with Gasteiger partial charge in [0.1, 0.15) is 17.4 Å². The molecule has 41 heavy (non-hydrogen) atoms. The average Bonchev–Trinajstić information content (AvgIpc) is 2.93. The van der Waals surface area contributed by atoms with Crippen molar-refractivity contribution < 1.29 is 27.2 Å². The minimum atomic E-state index is -4.85. The van der Waals surface area contributed by atoms with Crippen molar-refractivity contribution in [2.45, 2.75) is 37.4 Å². The topological polar surface area (TPSA) is 102 Å². The van der Waals surface area contributed by atoms with Gasteiger partial charge in [-0.2, -0.15) is 18.4 Å². The number of benzene rings is 1. The summed E-state index contributed by atoms with van der Waals surface area (Å²) in [5.74, 6) is -2.03. The third-order valence-corrected chi connectivity index (χ3v) is 7.23. The highest BCUT2D eigenvalue weighted by Crippen LogP contribution is 2.42. The number of nitrogens with one attached hydrogen (secondary N) is 1. The standard InChI is InChI=1S/C28H24F4N6O2S/c1-37(20-12-22(28(30,31)32)24(14-33)36-16-20)26(40)27(8-3-9-27)38(17-41)19-5-6-21(23(29)13-19)25(39)35-11-7-18-4-2-10-34-15-18/h2,4-6,10,12-13,15-17H,3,7-9,11H2,1H3,(H,35,39). The van der Waals surface area contributed by atoms with E-state index in [0.717, 1.165) is 22.7 Å². The molecule has 1 aromatic carbocycles. The molecule has 13 heteroatoms. The lowest BCUT2D eigenvalue weighted by molar-refractivity contribution is -0.138. The van der Waals surface area contributed by atoms with Crippen LogP contribution >= 0.6 is 12.2 Å². The predicted octanol–water partition coefficient (Wildman–Crippen LogP) is 4.83. The zero-order valence-electron chi connectivity index (χ0n) is 21.8. The smallest absolute Gasteiger partial charge is 0.352 e. The molecule has 0 unspecified atom stereocenters. The number of alkyl halides is 3. The summed E-state index contributed by atoms with van der Waals surface area (Å²) in [4.78, 5) is 36.3. The summed E-state index contributed by atoms with van der Waals surface area (Å²) in [7, 11) is 1.30. The van der Waals surface area contributed by atoms with E-state index in [1.807, 2.05) is 6.07 Å². The van der Waals surface area contributed by atoms with Crippen molar-refractivity contribution in [1.29, 1.82) is 5.26 Å². The number of nitriles is 1. The van der Waals surface area contributed by atoms with Crippen LogP contribution in [0.1, 0.15) is 46.4 Å². The molecule has 212 valence electrons. The van der Waals surface area contributed by atoms with E-state index in [0.29, 0.717) is 31.7 Å². The first kappa shape index (κ1) is 29.5. The lowest BCUT2D eigenvalue weighted by atomic mass is 9.74. The molecule has 0 saturated heterocycles. The molecule has 1 aliphatic rings. The van der Waals surface area contributed by atoms with Crippen LogP contribution in [0, 0.1) is 17.1 Å². The van der Waals surface area contributed by atoms with Crippen LogP contribution in [-0.2, 0) is 17.4 Å². The number of anilines is 2. The first-order valence-corrected chi connectivity index (χ1v) is 13.0. The lowest BCUT2D eigenvalue weighted by Crippen LogP contribution is -2.63. The van der Waals surface area contributed by atoms with Crippen molar-refractivity contribution in [3.8, 4) is 6.07 Å². The van der Waals surface area contributed by atoms with Gasteiger partial charge in [-0.05, 0) is 61.6 Å². The van der Waals surface area contributed by atoms with Gasteiger partial charge in [-0.25, -0.2) is 9.37 Å². The van der Waals surface area contributed by atoms with E-state index >= 15 is 4.39 Å². The maximum absolute atomic E-state index is 15.1. The number of hydrogen-bond acceptors (Lipinski definition) is 6. The van der Waals surface area contributed by atoms with Crippen LogP contribution in [0.25, 0.3) is 0 Å². The molecule has 0 atom stereocenters. The molecular weight excluding hydrogens is 560 g/mol. The molecule has 1 aliphatic carbocycles. The summed E-state index contributed by atoms with van der Waals surface area (Å²) in [6.07, 6.45) is 1.21. The molecule has 0 bridgehead atoms. The van der Waals surface area contributed by atoms with Gasteiger partial charge >= 0.3 is 6.18 Å². The highest BCUT2D eigenvalue weighted by Gasteiger charge is 2.51. The molecule has 1 N–H and O–H groups in total. The number of hydrogen-bond donors (Lipinski definition) is 1. The molecule has 3 aromatic rings. The highest BCUT2D eigenvalue weighted by molar-refractivity contribution is 7.79. The second-order valence-corrected chi connectivity index (χ2v) is 9.67. The Morgan fingerprint density at radius 2 is 1.95 bits per heavy atom. The average molecular weight is 585 g/mol. The van der Waals surface area contributed by atoms with Gasteiger partial charge in [0.2, 0.25) is 0 Å². The molecule has 0 radical (unpaired) electrons. The van der Waals surface area contributed by atoms with Crippen molar-refractivity contribution >= 4 is 40.9 Å². The maximum Gasteiger partial charge on any atom is 0.419 e. The van der Waals surface area contributed by atoms with Crippen LogP contribution in [0.15, 0.2) is 55.0 Å². The van der Waals surface area contributed by atoms with Crippen LogP contribution in [-0.4, -0.2) is 46.4 Å². The number of halogens is 4. The number of rotatable bonds is 9. The van der Waals surface area contributed by atoms with E-state index in [1.54, 1.807) is 18.5 Å². The van der Waals surface area contributed by atoms with Gasteiger partial charge in [-0.3, -0.25) is 14.6 Å². The first-order valence-electron chi connectivity index (χ1n) is 12.5. The maximum atomic E-state index is 15.1. The second kappa shape index (κ2) is 12.0. The molecule has 1 saturated carbocycles. The van der Waals surface area contributed by atoms with E-state index in [1.165, 1.54) is 35.6 Å². The molecule has 8 nitrogen and oxygen atoms in total. The van der Waals surface area contributed by atoms with E-state index < -0.39 is 40.6 Å². The third kappa shape index (κ3) is 6.02. The van der Waals surface area contributed by atoms with Crippen molar-refractivity contribution in [3.05, 3.63) is 83.2 Å². The largest absolute Gasteiger partial charge is 0.419 e. The summed E-state index contributed by atoms with van der Waals surface area (Å²) < 4.78 is 55.6. The lowest BCUT2D eigenvalue weighted by Gasteiger charge is -2.49. The van der Waals surface area contributed by atoms with Crippen molar-refractivity contribution in [1.82, 2.24) is 15.3 Å². The van der Waals surface area contributed by atoms with E-state index in [9.17, 15) is 22.8 Å². The summed E-state index contributed by atoms with van der Waals surface area (Å²) in [6, 6.07) is 9.57. The molecule has 1 fully saturated rings. The normalized spacial score (nSPS) is 13.9. The second-order valence-electron chi connectivity index (χ2n) is 9.46. The van der Waals surface area contributed by atoms with Gasteiger partial charge in [-0.15, -0.1) is 0 Å². The van der Waals surface area contributed by atoms with Crippen LogP contribution in [0.4, 0.5) is 28.9 Å². The Kier molecular flexibility index (Phi) is 8.63. The highest BCUT2D eigenvalue weighted by atomic mass is 32.1. The van der Waals surface area contributed by atoms with Crippen molar-refractivity contribution in [2.24, 2.45) is 0 Å². The SMILES string of the molecule is CN(C(=O)C1(N(C=S)c2ccc(C(=O)NCCc3cccnc3)c(F)c2)CCC1)c1cnc(C#N)c(C(F)(F)F)c1. The van der Waals surface area contributed by atoms with E-state index in [2.05, 4.69) is 15.3 Å². The Morgan fingerprint density at radius 3 is 2.51 bits per heavy atom. The van der Waals surface area contributed by atoms with Crippen LogP contribution in [0.2, 0.25) is 0 Å². The Labute approximate surface area is 238 Å². The number of pyridine rings is 2. The molecule has 4 rings (SSSR count). The molecule has 0 spiro atoms. The Hall–Kier alpha value is -4.44. The van der Waals surface area contributed by atoms with Crippen LogP contribution < -0.4 is 15.1 Å². The molecule has 2 amide bonds. The van der Waals surface area contributed by atoms with E-state index in [-0.39, 0.29) is 23.5 Å². The number of thiocarbonyl (C=S) groups is 1. The van der Waals surface area contributed by atoms with Gasteiger partial charge in [-0.1, -0.05) is 18.3 Å². The number of aromatic nitrogens is 2. The van der Waals surface area contributed by atoms with Crippen molar-refractivity contribution in [3.63, 3.8) is 0 Å². The summed E-state index contributed by atoms with van der Waals surface area (Å²) in [6.45, 7) is 0.266. The van der Waals surface area contributed by atoms with Gasteiger partial charge in [0.05, 0.1) is 28.5 Å². The number of carbonyl (C=O) groups excluding carboxylic acids is 2. The molecule has 2 heterocycles. The van der Waals surface area contributed by atoms with Crippen molar-refractivity contribution in [2.75, 3.05) is 23.4 Å². The molecule has 2 aromatic heterocycles. The van der Waals surface area contributed by atoms with Gasteiger partial charge in [0, 0.05) is 31.7 Å². The van der Waals surface area contributed by atoms with Crippen LogP contribution in [0.5, 0.6) is 0 Å². The zero-order chi connectivity index (χ0) is 29.8. The summed E-state index contributed by atoms with van der Waals surface area (Å²) >= 11 is 5.19. The number of likely N-dealkylation sites (N-methyl/N-ethyl adjacent to an activating group) is 1. The van der Waals surface area contributed by atoms with Crippen LogP contribution in [0.3, 0.4) is 0 Å². The fourth-order valence-corrected chi connectivity index (χ4v) is 4.97. The number of carbonyl (C=O) groups is 2. The number of nitrogens with zero attached hydrogens (tertiary/aromatic N) is 5. The van der Waals surface area contributed by atoms with Gasteiger partial charge in [0.15, 0.2) is 5.69 Å². The minimum Gasteiger partial charge on any atom is -0.352 e. The predicted molar refractivity (Wildman–Crippen MR) is 147 cm³/mol. The fourth-order valence-electron chi connectivity index (χ4n) is 4.65. The van der Waals surface area contributed by atoms with Gasteiger partial charge < -0.3 is 15.1 Å². The minimum absolute atomic E-state index is 0.165. The van der Waals surface area contributed by atoms with Gasteiger partial charge in [0.25, 0.3) is 11.8 Å².